The summed E-state index contributed by atoms with van der Waals surface area (Å²) in [5, 5.41) is 12.3. The van der Waals surface area contributed by atoms with E-state index in [9.17, 15) is 9.90 Å². The monoisotopic (exact) mass is 192 g/mol. The van der Waals surface area contributed by atoms with Crippen LogP contribution in [0.1, 0.15) is 18.4 Å². The number of carboxylic acid groups (broad SMARTS) is 1. The topological polar surface area (TPSA) is 62.2 Å². The molecule has 1 unspecified atom stereocenters. The van der Waals surface area contributed by atoms with E-state index in [2.05, 4.69) is 10.3 Å². The van der Waals surface area contributed by atoms with Crippen LogP contribution in [0.5, 0.6) is 0 Å². The molecule has 1 saturated heterocycles. The Morgan fingerprint density at radius 3 is 2.71 bits per heavy atom. The third kappa shape index (κ3) is 1.28. The largest absolute Gasteiger partial charge is 0.480 e. The van der Waals surface area contributed by atoms with Gasteiger partial charge < -0.3 is 5.11 Å². The molecule has 2 heterocycles. The summed E-state index contributed by atoms with van der Waals surface area (Å²) in [6.45, 7) is 0.759. The van der Waals surface area contributed by atoms with Crippen LogP contribution in [0, 0.1) is 0 Å². The van der Waals surface area contributed by atoms with Crippen LogP contribution in [0.15, 0.2) is 24.5 Å². The molecule has 0 saturated carbocycles. The molecule has 0 radical (unpaired) electrons. The molecule has 1 fully saturated rings. The van der Waals surface area contributed by atoms with Gasteiger partial charge >= 0.3 is 5.97 Å². The van der Waals surface area contributed by atoms with Gasteiger partial charge in [0.1, 0.15) is 5.54 Å². The Morgan fingerprint density at radius 1 is 1.50 bits per heavy atom. The van der Waals surface area contributed by atoms with Gasteiger partial charge in [-0.05, 0) is 37.1 Å². The zero-order chi connectivity index (χ0) is 10.0. The van der Waals surface area contributed by atoms with Crippen LogP contribution in [0.2, 0.25) is 0 Å². The number of pyridine rings is 1. The van der Waals surface area contributed by atoms with E-state index >= 15 is 0 Å². The van der Waals surface area contributed by atoms with Gasteiger partial charge in [-0.15, -0.1) is 0 Å². The molecule has 0 spiro atoms. The van der Waals surface area contributed by atoms with Crippen molar-refractivity contribution < 1.29 is 9.90 Å². The lowest BCUT2D eigenvalue weighted by Gasteiger charge is -2.24. The second-order valence-corrected chi connectivity index (χ2v) is 3.48. The SMILES string of the molecule is O=C(O)C1(c2ccncc2)CCCN1. The number of aromatic nitrogens is 1. The normalized spacial score (nSPS) is 26.3. The summed E-state index contributed by atoms with van der Waals surface area (Å²) >= 11 is 0. The molecule has 2 rings (SSSR count). The van der Waals surface area contributed by atoms with E-state index in [0.29, 0.717) is 6.42 Å². The second kappa shape index (κ2) is 3.38. The second-order valence-electron chi connectivity index (χ2n) is 3.48. The maximum Gasteiger partial charge on any atom is 0.328 e. The first-order chi connectivity index (χ1) is 6.76. The van der Waals surface area contributed by atoms with Gasteiger partial charge in [-0.1, -0.05) is 0 Å². The van der Waals surface area contributed by atoms with E-state index in [4.69, 9.17) is 0 Å². The van der Waals surface area contributed by atoms with Crippen molar-refractivity contribution in [3.05, 3.63) is 30.1 Å². The van der Waals surface area contributed by atoms with E-state index in [1.54, 1.807) is 24.5 Å². The highest BCUT2D eigenvalue weighted by atomic mass is 16.4. The molecule has 0 bridgehead atoms. The van der Waals surface area contributed by atoms with Crippen molar-refractivity contribution in [2.24, 2.45) is 0 Å². The minimum absolute atomic E-state index is 0.645. The Morgan fingerprint density at radius 2 is 2.21 bits per heavy atom. The van der Waals surface area contributed by atoms with Gasteiger partial charge in [0, 0.05) is 12.4 Å². The predicted molar refractivity (Wildman–Crippen MR) is 50.8 cm³/mol. The highest BCUT2D eigenvalue weighted by molar-refractivity contribution is 5.81. The maximum atomic E-state index is 11.2. The van der Waals surface area contributed by atoms with Crippen molar-refractivity contribution >= 4 is 5.97 Å². The van der Waals surface area contributed by atoms with Crippen LogP contribution in [0.3, 0.4) is 0 Å². The Bertz CT molecular complexity index is 331. The Hall–Kier alpha value is -1.42. The van der Waals surface area contributed by atoms with Crippen molar-refractivity contribution in [1.29, 1.82) is 0 Å². The molecule has 4 nitrogen and oxygen atoms in total. The molecule has 2 N–H and O–H groups in total. The van der Waals surface area contributed by atoms with Crippen molar-refractivity contribution in [2.45, 2.75) is 18.4 Å². The zero-order valence-electron chi connectivity index (χ0n) is 7.73. The third-order valence-corrected chi connectivity index (χ3v) is 2.69. The van der Waals surface area contributed by atoms with Gasteiger partial charge in [0.05, 0.1) is 0 Å². The summed E-state index contributed by atoms with van der Waals surface area (Å²) in [5.41, 5.74) is -0.0966. The average Bonchev–Trinajstić information content (AvgIpc) is 2.69. The minimum Gasteiger partial charge on any atom is -0.480 e. The van der Waals surface area contributed by atoms with Gasteiger partial charge in [0.2, 0.25) is 0 Å². The third-order valence-electron chi connectivity index (χ3n) is 2.69. The molecule has 1 aromatic rings. The summed E-state index contributed by atoms with van der Waals surface area (Å²) in [6, 6.07) is 3.51. The number of nitrogens with one attached hydrogen (secondary N) is 1. The maximum absolute atomic E-state index is 11.2. The molecule has 1 aromatic heterocycles. The first-order valence-corrected chi connectivity index (χ1v) is 4.65. The highest BCUT2D eigenvalue weighted by Crippen LogP contribution is 2.30. The Labute approximate surface area is 82.0 Å². The van der Waals surface area contributed by atoms with Gasteiger partial charge in [0.25, 0.3) is 0 Å². The van der Waals surface area contributed by atoms with Crippen molar-refractivity contribution in [3.8, 4) is 0 Å². The average molecular weight is 192 g/mol. The van der Waals surface area contributed by atoms with Gasteiger partial charge in [-0.2, -0.15) is 0 Å². The van der Waals surface area contributed by atoms with Gasteiger partial charge in [0.15, 0.2) is 0 Å². The first kappa shape index (κ1) is 9.15. The van der Waals surface area contributed by atoms with Crippen LogP contribution in [0.25, 0.3) is 0 Å². The zero-order valence-corrected chi connectivity index (χ0v) is 7.73. The number of carbonyl (C=O) groups is 1. The van der Waals surface area contributed by atoms with Crippen LogP contribution in [-0.2, 0) is 10.3 Å². The number of nitrogens with zero attached hydrogens (tertiary/aromatic N) is 1. The van der Waals surface area contributed by atoms with E-state index in [1.165, 1.54) is 0 Å². The van der Waals surface area contributed by atoms with E-state index in [1.807, 2.05) is 0 Å². The molecule has 1 atom stereocenters. The van der Waals surface area contributed by atoms with E-state index < -0.39 is 11.5 Å². The molecule has 0 aromatic carbocycles. The Kier molecular flexibility index (Phi) is 2.21. The van der Waals surface area contributed by atoms with Crippen LogP contribution >= 0.6 is 0 Å². The van der Waals surface area contributed by atoms with Crippen LogP contribution < -0.4 is 5.32 Å². The first-order valence-electron chi connectivity index (χ1n) is 4.65. The smallest absolute Gasteiger partial charge is 0.328 e. The predicted octanol–water partition coefficient (Wildman–Crippen LogP) is 0.745. The summed E-state index contributed by atoms with van der Waals surface area (Å²) in [6.07, 6.45) is 4.79. The summed E-state index contributed by atoms with van der Waals surface area (Å²) in [7, 11) is 0. The van der Waals surface area contributed by atoms with Crippen LogP contribution in [0.4, 0.5) is 0 Å². The number of hydrogen-bond donors (Lipinski definition) is 2. The van der Waals surface area contributed by atoms with Gasteiger partial charge in [-0.3, -0.25) is 10.3 Å². The summed E-state index contributed by atoms with van der Waals surface area (Å²) < 4.78 is 0. The van der Waals surface area contributed by atoms with Crippen molar-refractivity contribution in [3.63, 3.8) is 0 Å². The van der Waals surface area contributed by atoms with Crippen LogP contribution in [-0.4, -0.2) is 22.6 Å². The molecule has 14 heavy (non-hydrogen) atoms. The number of carboxylic acids is 1. The molecule has 1 aliphatic heterocycles. The number of aliphatic carboxylic acids is 1. The fourth-order valence-electron chi connectivity index (χ4n) is 1.93. The van der Waals surface area contributed by atoms with E-state index in [-0.39, 0.29) is 0 Å². The molecule has 0 aliphatic carbocycles. The molecule has 1 aliphatic rings. The highest BCUT2D eigenvalue weighted by Gasteiger charge is 2.42. The van der Waals surface area contributed by atoms with Gasteiger partial charge in [-0.25, -0.2) is 4.79 Å². The minimum atomic E-state index is -0.886. The molecular weight excluding hydrogens is 180 g/mol. The fraction of sp³-hybridized carbons (Fsp3) is 0.400. The molecule has 4 heteroatoms. The number of hydrogen-bond acceptors (Lipinski definition) is 3. The fourth-order valence-corrected chi connectivity index (χ4v) is 1.93. The van der Waals surface area contributed by atoms with Crippen molar-refractivity contribution in [2.75, 3.05) is 6.54 Å². The lowest BCUT2D eigenvalue weighted by Crippen LogP contribution is -2.44. The summed E-state index contributed by atoms with van der Waals surface area (Å²) in [4.78, 5) is 15.1. The lowest BCUT2D eigenvalue weighted by atomic mass is 9.89. The quantitative estimate of drug-likeness (QED) is 0.725. The van der Waals surface area contributed by atoms with Crippen molar-refractivity contribution in [1.82, 2.24) is 10.3 Å². The van der Waals surface area contributed by atoms with E-state index in [0.717, 1.165) is 18.5 Å². The molecule has 0 amide bonds. The summed E-state index contributed by atoms with van der Waals surface area (Å²) in [5.74, 6) is -0.804. The Balaban J connectivity index is 2.42. The molecule has 74 valence electrons. The number of rotatable bonds is 2. The lowest BCUT2D eigenvalue weighted by molar-refractivity contribution is -0.144. The standard InChI is InChI=1S/C10H12N2O2/c13-9(14)10(4-1-5-12-10)8-2-6-11-7-3-8/h2-3,6-7,12H,1,4-5H2,(H,13,14). The molecular formula is C10H12N2O2.